The summed E-state index contributed by atoms with van der Waals surface area (Å²) in [6.45, 7) is 3.50. The van der Waals surface area contributed by atoms with Crippen molar-refractivity contribution in [1.82, 2.24) is 29.8 Å². The minimum atomic E-state index is -4.78. The van der Waals surface area contributed by atoms with E-state index in [9.17, 15) is 27.2 Å². The van der Waals surface area contributed by atoms with Crippen LogP contribution in [-0.2, 0) is 11.0 Å². The largest absolute Gasteiger partial charge is 0.480 e. The Morgan fingerprint density at radius 1 is 1.30 bits per heavy atom. The first kappa shape index (κ1) is 24.7. The van der Waals surface area contributed by atoms with Gasteiger partial charge in [-0.2, -0.15) is 18.3 Å². The van der Waals surface area contributed by atoms with Gasteiger partial charge in [-0.05, 0) is 18.1 Å². The third-order valence-electron chi connectivity index (χ3n) is 5.92. The summed E-state index contributed by atoms with van der Waals surface area (Å²) in [5.74, 6) is -1.65. The molecule has 0 spiro atoms. The van der Waals surface area contributed by atoms with Crippen LogP contribution in [0.25, 0.3) is 16.8 Å². The van der Waals surface area contributed by atoms with Crippen molar-refractivity contribution in [3.05, 3.63) is 35.8 Å². The predicted molar refractivity (Wildman–Crippen MR) is 124 cm³/mol. The fourth-order valence-electron chi connectivity index (χ4n) is 4.19. The molecular weight excluding hydrogens is 498 g/mol. The van der Waals surface area contributed by atoms with Crippen LogP contribution in [0.4, 0.5) is 23.4 Å². The highest BCUT2D eigenvalue weighted by atomic mass is 19.4. The smallest absolute Gasteiger partial charge is 0.418 e. The van der Waals surface area contributed by atoms with Crippen molar-refractivity contribution >= 4 is 23.1 Å². The Balaban J connectivity index is 1.68. The van der Waals surface area contributed by atoms with Crippen molar-refractivity contribution in [1.29, 1.82) is 0 Å². The SMILES string of the molecule is [2H]COc1ncc(-c2cc(C(F)(F)F)c3c(N)ncnn23)cc1C(=O)N[C@@H]1CN(C(=O)CC(C)C)C[C@@H]1F. The molecule has 3 aromatic rings. The fraction of sp³-hybridized carbons (Fsp3) is 0.435. The minimum Gasteiger partial charge on any atom is -0.480 e. The maximum Gasteiger partial charge on any atom is 0.418 e. The number of pyridine rings is 1. The topological polar surface area (TPSA) is 128 Å². The summed E-state index contributed by atoms with van der Waals surface area (Å²) in [6, 6.07) is 0.985. The number of hydrogen-bond donors (Lipinski definition) is 2. The Labute approximate surface area is 210 Å². The fourth-order valence-corrected chi connectivity index (χ4v) is 4.19. The molecule has 1 fully saturated rings. The Morgan fingerprint density at radius 3 is 2.73 bits per heavy atom. The van der Waals surface area contributed by atoms with Crippen LogP contribution in [0, 0.1) is 5.92 Å². The molecule has 198 valence electrons. The third kappa shape index (κ3) is 5.13. The Morgan fingerprint density at radius 2 is 2.05 bits per heavy atom. The van der Waals surface area contributed by atoms with E-state index in [0.29, 0.717) is 0 Å². The van der Waals surface area contributed by atoms with E-state index in [2.05, 4.69) is 20.4 Å². The molecule has 4 rings (SSSR count). The number of nitrogens with zero attached hydrogens (tertiary/aromatic N) is 5. The van der Waals surface area contributed by atoms with Crippen LogP contribution >= 0.6 is 0 Å². The maximum absolute atomic E-state index is 14.7. The number of aromatic nitrogens is 4. The average molecular weight is 524 g/mol. The molecule has 2 amide bonds. The van der Waals surface area contributed by atoms with Gasteiger partial charge in [-0.15, -0.1) is 0 Å². The zero-order chi connectivity index (χ0) is 27.8. The van der Waals surface area contributed by atoms with Gasteiger partial charge in [0, 0.05) is 24.7 Å². The molecule has 3 aromatic heterocycles. The molecule has 0 saturated carbocycles. The van der Waals surface area contributed by atoms with E-state index in [1.165, 1.54) is 11.0 Å². The summed E-state index contributed by atoms with van der Waals surface area (Å²) in [4.78, 5) is 34.5. The molecule has 0 aromatic carbocycles. The van der Waals surface area contributed by atoms with Crippen LogP contribution < -0.4 is 15.8 Å². The number of anilines is 1. The van der Waals surface area contributed by atoms with E-state index in [1.807, 2.05) is 13.8 Å². The molecule has 37 heavy (non-hydrogen) atoms. The summed E-state index contributed by atoms with van der Waals surface area (Å²) in [5, 5.41) is 6.39. The summed E-state index contributed by atoms with van der Waals surface area (Å²) < 4.78 is 69.2. The number of carbonyl (C=O) groups excluding carboxylic acids is 2. The molecule has 4 heterocycles. The standard InChI is InChI=1S/C23H25F4N7O3/c1-11(2)4-18(35)33-8-15(24)16(9-33)32-21(36)13-5-12(7-29-22(13)37-3)17-6-14(23(25,26)27)19-20(28)30-10-31-34(17)19/h5-7,10-11,15-16H,4,8-9H2,1-3H3,(H,32,36)(H2,28,30,31)/t15-,16+/m0/s1/i3D. The van der Waals surface area contributed by atoms with Crippen molar-refractivity contribution in [2.45, 2.75) is 38.7 Å². The monoisotopic (exact) mass is 524 g/mol. The molecule has 14 heteroatoms. The van der Waals surface area contributed by atoms with Crippen LogP contribution in [-0.4, -0.2) is 68.7 Å². The number of halogens is 4. The quantitative estimate of drug-likeness (QED) is 0.475. The number of alkyl halides is 4. The first-order valence-corrected chi connectivity index (χ1v) is 11.2. The number of amides is 2. The van der Waals surface area contributed by atoms with Crippen LogP contribution in [0.5, 0.6) is 5.88 Å². The van der Waals surface area contributed by atoms with Crippen molar-refractivity contribution in [2.24, 2.45) is 5.92 Å². The number of nitrogen functional groups attached to an aromatic ring is 1. The number of hydrogen-bond acceptors (Lipinski definition) is 7. The molecule has 0 aliphatic carbocycles. The van der Waals surface area contributed by atoms with Gasteiger partial charge >= 0.3 is 6.18 Å². The highest BCUT2D eigenvalue weighted by Gasteiger charge is 2.38. The lowest BCUT2D eigenvalue weighted by Crippen LogP contribution is -2.42. The number of likely N-dealkylation sites (tertiary alicyclic amines) is 1. The van der Waals surface area contributed by atoms with Gasteiger partial charge in [-0.1, -0.05) is 13.8 Å². The third-order valence-corrected chi connectivity index (χ3v) is 5.92. The summed E-state index contributed by atoms with van der Waals surface area (Å²) in [5.41, 5.74) is 3.87. The van der Waals surface area contributed by atoms with E-state index in [0.717, 1.165) is 23.1 Å². The number of methoxy groups -OCH3 is 1. The first-order chi connectivity index (χ1) is 17.9. The molecule has 0 bridgehead atoms. The zero-order valence-corrected chi connectivity index (χ0v) is 19.9. The predicted octanol–water partition coefficient (Wildman–Crippen LogP) is 2.73. The number of fused-ring (bicyclic) bond motifs is 1. The molecule has 1 saturated heterocycles. The second-order valence-corrected chi connectivity index (χ2v) is 9.06. The lowest BCUT2D eigenvalue weighted by molar-refractivity contribution is -0.136. The van der Waals surface area contributed by atoms with Crippen LogP contribution in [0.2, 0.25) is 0 Å². The van der Waals surface area contributed by atoms with E-state index in [4.69, 9.17) is 11.8 Å². The summed E-state index contributed by atoms with van der Waals surface area (Å²) in [6.07, 6.45) is -3.93. The second-order valence-electron chi connectivity index (χ2n) is 9.06. The maximum atomic E-state index is 14.7. The van der Waals surface area contributed by atoms with Crippen LogP contribution in [0.3, 0.4) is 0 Å². The number of rotatable bonds is 6. The lowest BCUT2D eigenvalue weighted by Gasteiger charge is -2.18. The van der Waals surface area contributed by atoms with E-state index in [-0.39, 0.29) is 54.0 Å². The molecule has 0 radical (unpaired) electrons. The zero-order valence-electron chi connectivity index (χ0n) is 20.9. The van der Waals surface area contributed by atoms with Gasteiger partial charge in [0.25, 0.3) is 5.91 Å². The molecule has 10 nitrogen and oxygen atoms in total. The molecule has 2 atom stereocenters. The molecule has 1 aliphatic heterocycles. The summed E-state index contributed by atoms with van der Waals surface area (Å²) in [7, 11) is -0.602. The van der Waals surface area contributed by atoms with Crippen molar-refractivity contribution in [3.63, 3.8) is 0 Å². The van der Waals surface area contributed by atoms with E-state index >= 15 is 0 Å². The number of ether oxygens (including phenoxy) is 1. The van der Waals surface area contributed by atoms with E-state index in [1.54, 1.807) is 0 Å². The molecule has 0 unspecified atom stereocenters. The van der Waals surface area contributed by atoms with Crippen molar-refractivity contribution in [3.8, 4) is 17.1 Å². The number of nitrogens with one attached hydrogen (secondary N) is 1. The van der Waals surface area contributed by atoms with Gasteiger partial charge in [-0.3, -0.25) is 9.59 Å². The van der Waals surface area contributed by atoms with Gasteiger partial charge in [0.15, 0.2) is 5.82 Å². The summed E-state index contributed by atoms with van der Waals surface area (Å²) >= 11 is 0. The van der Waals surface area contributed by atoms with Gasteiger partial charge < -0.3 is 20.7 Å². The number of carbonyl (C=O) groups is 2. The minimum absolute atomic E-state index is 0.0469. The Bertz CT molecular complexity index is 1360. The number of nitrogens with two attached hydrogens (primary N) is 1. The van der Waals surface area contributed by atoms with Gasteiger partial charge in [0.2, 0.25) is 11.8 Å². The lowest BCUT2D eigenvalue weighted by atomic mass is 10.1. The van der Waals surface area contributed by atoms with Crippen molar-refractivity contribution < 1.29 is 33.3 Å². The Hall–Kier alpha value is -3.97. The van der Waals surface area contributed by atoms with Gasteiger partial charge in [-0.25, -0.2) is 18.9 Å². The van der Waals surface area contributed by atoms with Crippen LogP contribution in [0.1, 0.15) is 37.6 Å². The van der Waals surface area contributed by atoms with Gasteiger partial charge in [0.05, 0.1) is 32.3 Å². The van der Waals surface area contributed by atoms with E-state index < -0.39 is 48.3 Å². The Kier molecular flexibility index (Phi) is 6.56. The second kappa shape index (κ2) is 9.82. The normalized spacial score (nSPS) is 18.4. The highest BCUT2D eigenvalue weighted by molar-refractivity contribution is 5.98. The van der Waals surface area contributed by atoms with Crippen LogP contribution in [0.15, 0.2) is 24.7 Å². The molecule has 1 aliphatic rings. The first-order valence-electron chi connectivity index (χ1n) is 12.0. The highest BCUT2D eigenvalue weighted by Crippen LogP contribution is 2.39. The molecular formula is C23H25F4N7O3. The molecule has 3 N–H and O–H groups in total. The van der Waals surface area contributed by atoms with Gasteiger partial charge in [0.1, 0.15) is 23.6 Å². The average Bonchev–Trinajstić information content (AvgIpc) is 3.41. The van der Waals surface area contributed by atoms with Crippen molar-refractivity contribution in [2.75, 3.05) is 25.9 Å².